The summed E-state index contributed by atoms with van der Waals surface area (Å²) in [6.45, 7) is 2.47. The van der Waals surface area contributed by atoms with Crippen molar-refractivity contribution in [2.45, 2.75) is 6.23 Å². The molecular weight excluding hydrogens is 144 g/mol. The lowest BCUT2D eigenvalue weighted by atomic mass is 10.4. The van der Waals surface area contributed by atoms with Crippen molar-refractivity contribution in [2.75, 3.05) is 19.7 Å². The number of aromatic nitrogens is 3. The fourth-order valence-electron chi connectivity index (χ4n) is 1.09. The van der Waals surface area contributed by atoms with E-state index in [1.807, 2.05) is 0 Å². The number of nitrogens with zero attached hydrogens (tertiary/aromatic N) is 3. The van der Waals surface area contributed by atoms with Crippen LogP contribution >= 0.6 is 0 Å². The number of ether oxygens (including phenoxy) is 1. The second kappa shape index (κ2) is 2.98. The standard InChI is InChI=1S/C6H10N4O/c1-3-10(9-8-1)6-5-7-2-4-11-6/h1,3,6-7H,2,4-5H2. The number of nitrogens with one attached hydrogen (secondary N) is 1. The van der Waals surface area contributed by atoms with Crippen molar-refractivity contribution >= 4 is 0 Å². The number of hydrogen-bond acceptors (Lipinski definition) is 4. The zero-order chi connectivity index (χ0) is 7.52. The lowest BCUT2D eigenvalue weighted by molar-refractivity contribution is -0.0281. The Morgan fingerprint density at radius 3 is 3.27 bits per heavy atom. The van der Waals surface area contributed by atoms with Crippen molar-refractivity contribution in [3.63, 3.8) is 0 Å². The highest BCUT2D eigenvalue weighted by atomic mass is 16.5. The van der Waals surface area contributed by atoms with Crippen LogP contribution in [0, 0.1) is 0 Å². The SMILES string of the molecule is c1cn(C2CNCCO2)nn1. The summed E-state index contributed by atoms with van der Waals surface area (Å²) < 4.78 is 7.13. The molecule has 0 saturated carbocycles. The fourth-order valence-corrected chi connectivity index (χ4v) is 1.09. The smallest absolute Gasteiger partial charge is 0.164 e. The van der Waals surface area contributed by atoms with Crippen LogP contribution in [0.2, 0.25) is 0 Å². The lowest BCUT2D eigenvalue weighted by Gasteiger charge is -2.22. The summed E-state index contributed by atoms with van der Waals surface area (Å²) in [7, 11) is 0. The maximum absolute atomic E-state index is 5.42. The third-order valence-corrected chi connectivity index (χ3v) is 1.64. The van der Waals surface area contributed by atoms with Gasteiger partial charge >= 0.3 is 0 Å². The average molecular weight is 154 g/mol. The van der Waals surface area contributed by atoms with Gasteiger partial charge in [-0.15, -0.1) is 5.10 Å². The van der Waals surface area contributed by atoms with Crippen molar-refractivity contribution in [1.29, 1.82) is 0 Å². The minimum Gasteiger partial charge on any atom is -0.354 e. The van der Waals surface area contributed by atoms with Gasteiger partial charge in [0.15, 0.2) is 6.23 Å². The van der Waals surface area contributed by atoms with Crippen LogP contribution < -0.4 is 5.32 Å². The molecule has 5 nitrogen and oxygen atoms in total. The molecule has 2 heterocycles. The Morgan fingerprint density at radius 2 is 2.64 bits per heavy atom. The Balaban J connectivity index is 2.04. The normalized spacial score (nSPS) is 25.3. The molecule has 0 bridgehead atoms. The van der Waals surface area contributed by atoms with Crippen molar-refractivity contribution in [1.82, 2.24) is 20.3 Å². The van der Waals surface area contributed by atoms with E-state index in [2.05, 4.69) is 15.6 Å². The number of rotatable bonds is 1. The van der Waals surface area contributed by atoms with Crippen LogP contribution in [0.4, 0.5) is 0 Å². The maximum Gasteiger partial charge on any atom is 0.164 e. The molecule has 0 amide bonds. The van der Waals surface area contributed by atoms with Crippen LogP contribution in [0.3, 0.4) is 0 Å². The molecule has 60 valence electrons. The first-order chi connectivity index (χ1) is 5.47. The van der Waals surface area contributed by atoms with Gasteiger partial charge in [-0.1, -0.05) is 5.21 Å². The number of hydrogen-bond donors (Lipinski definition) is 1. The van der Waals surface area contributed by atoms with Gasteiger partial charge in [0.1, 0.15) is 0 Å². The molecule has 0 aromatic carbocycles. The Bertz CT molecular complexity index is 204. The van der Waals surface area contributed by atoms with E-state index in [-0.39, 0.29) is 6.23 Å². The van der Waals surface area contributed by atoms with Crippen molar-refractivity contribution < 1.29 is 4.74 Å². The second-order valence-electron chi connectivity index (χ2n) is 2.41. The van der Waals surface area contributed by atoms with Crippen molar-refractivity contribution in [3.8, 4) is 0 Å². The Labute approximate surface area is 64.3 Å². The van der Waals surface area contributed by atoms with Crippen LogP contribution in [-0.4, -0.2) is 34.7 Å². The van der Waals surface area contributed by atoms with Gasteiger partial charge in [-0.3, -0.25) is 0 Å². The molecule has 11 heavy (non-hydrogen) atoms. The summed E-state index contributed by atoms with van der Waals surface area (Å²) in [6.07, 6.45) is 3.47. The summed E-state index contributed by atoms with van der Waals surface area (Å²) >= 11 is 0. The molecule has 1 N–H and O–H groups in total. The van der Waals surface area contributed by atoms with Crippen molar-refractivity contribution in [2.24, 2.45) is 0 Å². The summed E-state index contributed by atoms with van der Waals surface area (Å²) in [4.78, 5) is 0. The zero-order valence-corrected chi connectivity index (χ0v) is 6.10. The van der Waals surface area contributed by atoms with Crippen LogP contribution in [0.15, 0.2) is 12.4 Å². The van der Waals surface area contributed by atoms with Crippen LogP contribution in [-0.2, 0) is 4.74 Å². The third-order valence-electron chi connectivity index (χ3n) is 1.64. The van der Waals surface area contributed by atoms with E-state index in [1.165, 1.54) is 0 Å². The second-order valence-corrected chi connectivity index (χ2v) is 2.41. The molecule has 0 aliphatic carbocycles. The Hall–Kier alpha value is -0.940. The monoisotopic (exact) mass is 154 g/mol. The Kier molecular flexibility index (Phi) is 1.83. The van der Waals surface area contributed by atoms with E-state index in [0.29, 0.717) is 0 Å². The van der Waals surface area contributed by atoms with E-state index in [1.54, 1.807) is 17.1 Å². The number of morpholine rings is 1. The third kappa shape index (κ3) is 1.38. The first kappa shape index (κ1) is 6.75. The topological polar surface area (TPSA) is 52.0 Å². The minimum atomic E-state index is 0.0197. The fraction of sp³-hybridized carbons (Fsp3) is 0.667. The maximum atomic E-state index is 5.42. The zero-order valence-electron chi connectivity index (χ0n) is 6.10. The minimum absolute atomic E-state index is 0.0197. The summed E-state index contributed by atoms with van der Waals surface area (Å²) in [5, 5.41) is 10.8. The molecule has 1 aliphatic heterocycles. The van der Waals surface area contributed by atoms with Crippen LogP contribution in [0.1, 0.15) is 6.23 Å². The molecule has 1 atom stereocenters. The lowest BCUT2D eigenvalue weighted by Crippen LogP contribution is -2.36. The van der Waals surface area contributed by atoms with Gasteiger partial charge in [0.2, 0.25) is 0 Å². The highest BCUT2D eigenvalue weighted by Crippen LogP contribution is 2.06. The molecule has 1 aromatic heterocycles. The van der Waals surface area contributed by atoms with Gasteiger partial charge in [0, 0.05) is 19.3 Å². The first-order valence-electron chi connectivity index (χ1n) is 3.65. The summed E-state index contributed by atoms with van der Waals surface area (Å²) in [5.74, 6) is 0. The molecule has 1 aromatic rings. The molecule has 5 heteroatoms. The quantitative estimate of drug-likeness (QED) is 0.586. The van der Waals surface area contributed by atoms with E-state index in [0.717, 1.165) is 19.7 Å². The van der Waals surface area contributed by atoms with E-state index < -0.39 is 0 Å². The summed E-state index contributed by atoms with van der Waals surface area (Å²) in [6, 6.07) is 0. The molecule has 0 radical (unpaired) electrons. The van der Waals surface area contributed by atoms with Gasteiger partial charge in [-0.05, 0) is 0 Å². The molecule has 1 aliphatic rings. The molecule has 0 spiro atoms. The molecule has 1 fully saturated rings. The van der Waals surface area contributed by atoms with E-state index in [9.17, 15) is 0 Å². The molecular formula is C6H10N4O. The summed E-state index contributed by atoms with van der Waals surface area (Å²) in [5.41, 5.74) is 0. The van der Waals surface area contributed by atoms with Gasteiger partial charge in [0.25, 0.3) is 0 Å². The predicted molar refractivity (Wildman–Crippen MR) is 37.9 cm³/mol. The largest absolute Gasteiger partial charge is 0.354 e. The Morgan fingerprint density at radius 1 is 1.64 bits per heavy atom. The average Bonchev–Trinajstić information content (AvgIpc) is 2.58. The molecule has 1 unspecified atom stereocenters. The van der Waals surface area contributed by atoms with E-state index in [4.69, 9.17) is 4.74 Å². The highest BCUT2D eigenvalue weighted by Gasteiger charge is 2.14. The van der Waals surface area contributed by atoms with Gasteiger partial charge in [-0.2, -0.15) is 0 Å². The van der Waals surface area contributed by atoms with Crippen LogP contribution in [0.5, 0.6) is 0 Å². The molecule has 2 rings (SSSR count). The highest BCUT2D eigenvalue weighted by molar-refractivity contribution is 4.70. The molecule has 1 saturated heterocycles. The first-order valence-corrected chi connectivity index (χ1v) is 3.65. The van der Waals surface area contributed by atoms with Gasteiger partial charge in [-0.25, -0.2) is 4.68 Å². The van der Waals surface area contributed by atoms with E-state index >= 15 is 0 Å². The van der Waals surface area contributed by atoms with Crippen molar-refractivity contribution in [3.05, 3.63) is 12.4 Å². The van der Waals surface area contributed by atoms with Gasteiger partial charge in [0.05, 0.1) is 12.8 Å². The predicted octanol–water partition coefficient (Wildman–Crippen LogP) is -0.604. The van der Waals surface area contributed by atoms with Gasteiger partial charge < -0.3 is 10.1 Å². The van der Waals surface area contributed by atoms with Crippen LogP contribution in [0.25, 0.3) is 0 Å².